The number of nitrogen functional groups attached to an aromatic ring is 1. The largest absolute Gasteiger partial charge is 0.457 e. The fourth-order valence-electron chi connectivity index (χ4n) is 2.40. The molecule has 0 unspecified atom stereocenters. The predicted molar refractivity (Wildman–Crippen MR) is 94.5 cm³/mol. The highest BCUT2D eigenvalue weighted by Crippen LogP contribution is 2.34. The van der Waals surface area contributed by atoms with E-state index in [1.165, 1.54) is 11.3 Å². The number of carbonyl (C=O) groups excluding carboxylic acids is 1. The molecule has 0 atom stereocenters. The minimum atomic E-state index is -0.385. The summed E-state index contributed by atoms with van der Waals surface area (Å²) in [6.45, 7) is 2.26. The monoisotopic (exact) mass is 323 g/mol. The molecular formula is C19H17NO2S. The van der Waals surface area contributed by atoms with Crippen LogP contribution < -0.4 is 5.73 Å². The van der Waals surface area contributed by atoms with Crippen molar-refractivity contribution < 1.29 is 9.53 Å². The van der Waals surface area contributed by atoms with Crippen LogP contribution in [0, 0.1) is 6.92 Å². The molecule has 1 aromatic heterocycles. The van der Waals surface area contributed by atoms with Crippen LogP contribution in [-0.2, 0) is 11.3 Å². The Bertz CT molecular complexity index is 824. The Hall–Kier alpha value is -2.59. The van der Waals surface area contributed by atoms with Crippen molar-refractivity contribution in [2.75, 3.05) is 5.73 Å². The zero-order valence-electron chi connectivity index (χ0n) is 12.8. The highest BCUT2D eigenvalue weighted by molar-refractivity contribution is 7.14. The van der Waals surface area contributed by atoms with Crippen molar-refractivity contribution in [2.45, 2.75) is 13.5 Å². The van der Waals surface area contributed by atoms with Crippen molar-refractivity contribution >= 4 is 22.3 Å². The summed E-state index contributed by atoms with van der Waals surface area (Å²) in [7, 11) is 0. The molecule has 2 aromatic carbocycles. The summed E-state index contributed by atoms with van der Waals surface area (Å²) in [5.41, 5.74) is 10.3. The van der Waals surface area contributed by atoms with Crippen LogP contribution in [0.25, 0.3) is 11.1 Å². The number of thiophene rings is 1. The van der Waals surface area contributed by atoms with Crippen molar-refractivity contribution in [3.05, 3.63) is 76.7 Å². The molecule has 0 saturated carbocycles. The van der Waals surface area contributed by atoms with Crippen LogP contribution in [0.15, 0.2) is 60.0 Å². The van der Waals surface area contributed by atoms with Crippen LogP contribution in [0.1, 0.15) is 21.5 Å². The lowest BCUT2D eigenvalue weighted by Crippen LogP contribution is -2.07. The summed E-state index contributed by atoms with van der Waals surface area (Å²) in [6, 6.07) is 17.6. The van der Waals surface area contributed by atoms with Gasteiger partial charge in [0.2, 0.25) is 0 Å². The number of anilines is 1. The lowest BCUT2D eigenvalue weighted by molar-refractivity contribution is 0.0475. The van der Waals surface area contributed by atoms with E-state index in [1.807, 2.05) is 66.9 Å². The van der Waals surface area contributed by atoms with Gasteiger partial charge in [0.15, 0.2) is 0 Å². The zero-order chi connectivity index (χ0) is 16.2. The molecule has 1 heterocycles. The van der Waals surface area contributed by atoms with Crippen molar-refractivity contribution in [2.24, 2.45) is 0 Å². The molecule has 0 saturated heterocycles. The molecule has 4 heteroatoms. The molecular weight excluding hydrogens is 306 g/mol. The summed E-state index contributed by atoms with van der Waals surface area (Å²) in [4.78, 5) is 12.5. The van der Waals surface area contributed by atoms with Crippen LogP contribution in [0.3, 0.4) is 0 Å². The first-order valence-corrected chi connectivity index (χ1v) is 8.18. The number of nitrogens with two attached hydrogens (primary N) is 1. The second kappa shape index (κ2) is 6.67. The van der Waals surface area contributed by atoms with E-state index in [0.29, 0.717) is 10.6 Å². The smallest absolute Gasteiger partial charge is 0.342 e. The molecule has 0 bridgehead atoms. The summed E-state index contributed by atoms with van der Waals surface area (Å²) >= 11 is 1.36. The second-order valence-corrected chi connectivity index (χ2v) is 6.23. The summed E-state index contributed by atoms with van der Waals surface area (Å²) in [6.07, 6.45) is 0. The van der Waals surface area contributed by atoms with E-state index >= 15 is 0 Å². The summed E-state index contributed by atoms with van der Waals surface area (Å²) in [5.74, 6) is -0.385. The molecule has 3 aromatic rings. The second-order valence-electron chi connectivity index (χ2n) is 5.32. The number of hydrogen-bond donors (Lipinski definition) is 1. The van der Waals surface area contributed by atoms with E-state index in [0.717, 1.165) is 22.3 Å². The minimum Gasteiger partial charge on any atom is -0.457 e. The average molecular weight is 323 g/mol. The van der Waals surface area contributed by atoms with Gasteiger partial charge >= 0.3 is 5.97 Å². The number of carbonyl (C=O) groups is 1. The Labute approximate surface area is 139 Å². The number of aryl methyl sites for hydroxylation is 1. The fraction of sp³-hybridized carbons (Fsp3) is 0.105. The van der Waals surface area contributed by atoms with Gasteiger partial charge in [-0.1, -0.05) is 60.2 Å². The van der Waals surface area contributed by atoms with Crippen molar-refractivity contribution in [3.8, 4) is 11.1 Å². The molecule has 23 heavy (non-hydrogen) atoms. The molecule has 0 fully saturated rings. The van der Waals surface area contributed by atoms with E-state index in [2.05, 4.69) is 0 Å². The average Bonchev–Trinajstić information content (AvgIpc) is 2.95. The first-order chi connectivity index (χ1) is 11.1. The Morgan fingerprint density at radius 1 is 1.13 bits per heavy atom. The molecule has 2 N–H and O–H groups in total. The van der Waals surface area contributed by atoms with E-state index in [-0.39, 0.29) is 12.6 Å². The molecule has 0 aliphatic rings. The van der Waals surface area contributed by atoms with Gasteiger partial charge in [0.25, 0.3) is 0 Å². The van der Waals surface area contributed by atoms with Gasteiger partial charge in [-0.25, -0.2) is 4.79 Å². The summed E-state index contributed by atoms with van der Waals surface area (Å²) in [5, 5.41) is 2.39. The van der Waals surface area contributed by atoms with E-state index in [1.54, 1.807) is 0 Å². The molecule has 0 amide bonds. The van der Waals surface area contributed by atoms with Crippen LogP contribution >= 0.6 is 11.3 Å². The Morgan fingerprint density at radius 3 is 2.65 bits per heavy atom. The number of hydrogen-bond acceptors (Lipinski definition) is 4. The van der Waals surface area contributed by atoms with E-state index < -0.39 is 0 Å². The van der Waals surface area contributed by atoms with Gasteiger partial charge in [-0.2, -0.15) is 0 Å². The van der Waals surface area contributed by atoms with Crippen LogP contribution in [-0.4, -0.2) is 5.97 Å². The molecule has 0 radical (unpaired) electrons. The lowest BCUT2D eigenvalue weighted by Gasteiger charge is -2.08. The maximum absolute atomic E-state index is 12.5. The normalized spacial score (nSPS) is 10.5. The lowest BCUT2D eigenvalue weighted by atomic mass is 10.0. The standard InChI is InChI=1S/C19H17NO2S/c1-13-6-5-9-15(10-13)16-12-23-18(20)17(16)19(21)22-11-14-7-3-2-4-8-14/h2-10,12H,11,20H2,1H3. The Morgan fingerprint density at radius 2 is 1.91 bits per heavy atom. The van der Waals surface area contributed by atoms with Gasteiger partial charge < -0.3 is 10.5 Å². The molecule has 0 aliphatic carbocycles. The number of esters is 1. The molecule has 116 valence electrons. The van der Waals surface area contributed by atoms with Gasteiger partial charge in [-0.3, -0.25) is 0 Å². The van der Waals surface area contributed by atoms with Crippen molar-refractivity contribution in [1.82, 2.24) is 0 Å². The first kappa shape index (κ1) is 15.3. The number of benzene rings is 2. The van der Waals surface area contributed by atoms with E-state index in [9.17, 15) is 4.79 Å². The van der Waals surface area contributed by atoms with Gasteiger partial charge in [0.05, 0.1) is 0 Å². The molecule has 0 aliphatic heterocycles. The Kier molecular flexibility index (Phi) is 4.44. The van der Waals surface area contributed by atoms with Gasteiger partial charge in [-0.05, 0) is 18.1 Å². The van der Waals surface area contributed by atoms with Crippen LogP contribution in [0.4, 0.5) is 5.00 Å². The van der Waals surface area contributed by atoms with Crippen LogP contribution in [0.5, 0.6) is 0 Å². The molecule has 0 spiro atoms. The minimum absolute atomic E-state index is 0.238. The topological polar surface area (TPSA) is 52.3 Å². The maximum Gasteiger partial charge on any atom is 0.342 e. The maximum atomic E-state index is 12.5. The predicted octanol–water partition coefficient (Wildman–Crippen LogP) is 4.66. The van der Waals surface area contributed by atoms with Gasteiger partial charge in [-0.15, -0.1) is 11.3 Å². The zero-order valence-corrected chi connectivity index (χ0v) is 13.6. The SMILES string of the molecule is Cc1cccc(-c2csc(N)c2C(=O)OCc2ccccc2)c1. The quantitative estimate of drug-likeness (QED) is 0.710. The number of ether oxygens (including phenoxy) is 1. The Balaban J connectivity index is 1.85. The molecule has 3 nitrogen and oxygen atoms in total. The molecule has 3 rings (SSSR count). The van der Waals surface area contributed by atoms with Gasteiger partial charge in [0.1, 0.15) is 17.2 Å². The third-order valence-corrected chi connectivity index (χ3v) is 4.38. The third kappa shape index (κ3) is 3.43. The van der Waals surface area contributed by atoms with Crippen molar-refractivity contribution in [3.63, 3.8) is 0 Å². The fourth-order valence-corrected chi connectivity index (χ4v) is 3.21. The van der Waals surface area contributed by atoms with Crippen molar-refractivity contribution in [1.29, 1.82) is 0 Å². The highest BCUT2D eigenvalue weighted by Gasteiger charge is 2.20. The number of rotatable bonds is 4. The summed E-state index contributed by atoms with van der Waals surface area (Å²) < 4.78 is 5.43. The van der Waals surface area contributed by atoms with Crippen LogP contribution in [0.2, 0.25) is 0 Å². The van der Waals surface area contributed by atoms with Gasteiger partial charge in [0, 0.05) is 10.9 Å². The first-order valence-electron chi connectivity index (χ1n) is 7.30. The third-order valence-electron chi connectivity index (χ3n) is 3.57. The van der Waals surface area contributed by atoms with E-state index in [4.69, 9.17) is 10.5 Å². The highest BCUT2D eigenvalue weighted by atomic mass is 32.1.